The van der Waals surface area contributed by atoms with Gasteiger partial charge in [-0.05, 0) is 141 Å². The minimum absolute atomic E-state index is 0.00720. The standard InChI is InChI=1S/C25H27I3O5S/c26-17-11-21(23(28)22(27)12-17)25(29)33-18-13-19(15-7-3-1-4-8-15)24(34(30,31)32)20(14-18)16-9-5-2-6-10-16/h11-16H,1-10H2,(H,30,31,32)/p-1. The van der Waals surface area contributed by atoms with Gasteiger partial charge < -0.3 is 9.29 Å². The summed E-state index contributed by atoms with van der Waals surface area (Å²) in [5, 5.41) is 0. The van der Waals surface area contributed by atoms with E-state index in [4.69, 9.17) is 4.74 Å². The molecule has 2 fully saturated rings. The van der Waals surface area contributed by atoms with E-state index in [0.29, 0.717) is 22.4 Å². The maximum atomic E-state index is 13.2. The van der Waals surface area contributed by atoms with Crippen molar-refractivity contribution in [2.24, 2.45) is 0 Å². The number of benzene rings is 2. The van der Waals surface area contributed by atoms with Gasteiger partial charge in [0.2, 0.25) is 0 Å². The average molecular weight is 819 g/mol. The molecule has 0 saturated heterocycles. The van der Waals surface area contributed by atoms with Crippen LogP contribution in [0.5, 0.6) is 5.75 Å². The number of hydrogen-bond acceptors (Lipinski definition) is 5. The van der Waals surface area contributed by atoms with Gasteiger partial charge in [0.25, 0.3) is 0 Å². The molecule has 0 radical (unpaired) electrons. The van der Waals surface area contributed by atoms with Gasteiger partial charge in [-0.3, -0.25) is 0 Å². The van der Waals surface area contributed by atoms with E-state index < -0.39 is 16.1 Å². The predicted octanol–water partition coefficient (Wildman–Crippen LogP) is 7.72. The number of halogens is 3. The third-order valence-corrected chi connectivity index (χ3v) is 11.5. The zero-order valence-corrected chi connectivity index (χ0v) is 25.9. The summed E-state index contributed by atoms with van der Waals surface area (Å²) in [7, 11) is -4.67. The molecule has 0 bridgehead atoms. The number of ether oxygens (including phenoxy) is 1. The molecule has 5 nitrogen and oxygen atoms in total. The molecule has 2 aromatic carbocycles. The van der Waals surface area contributed by atoms with Crippen molar-refractivity contribution in [2.75, 3.05) is 0 Å². The first-order valence-electron chi connectivity index (χ1n) is 11.7. The van der Waals surface area contributed by atoms with Crippen LogP contribution in [-0.4, -0.2) is 18.9 Å². The first-order chi connectivity index (χ1) is 16.1. The maximum Gasteiger partial charge on any atom is 0.344 e. The van der Waals surface area contributed by atoms with Crippen molar-refractivity contribution in [3.05, 3.63) is 51.7 Å². The van der Waals surface area contributed by atoms with Gasteiger partial charge in [0, 0.05) is 10.7 Å². The molecule has 9 heteroatoms. The van der Waals surface area contributed by atoms with E-state index in [0.717, 1.165) is 74.9 Å². The summed E-state index contributed by atoms with van der Waals surface area (Å²) in [5.74, 6) is -0.148. The summed E-state index contributed by atoms with van der Waals surface area (Å²) in [6.45, 7) is 0. The molecule has 0 amide bonds. The third-order valence-electron chi connectivity index (χ3n) is 6.88. The van der Waals surface area contributed by atoms with Crippen LogP contribution in [0.2, 0.25) is 0 Å². The Bertz CT molecular complexity index is 1140. The summed E-state index contributed by atoms with van der Waals surface area (Å²) in [6.07, 6.45) is 9.63. The van der Waals surface area contributed by atoms with Gasteiger partial charge >= 0.3 is 5.97 Å². The Balaban J connectivity index is 1.82. The molecule has 0 unspecified atom stereocenters. The largest absolute Gasteiger partial charge is 0.744 e. The van der Waals surface area contributed by atoms with Crippen LogP contribution >= 0.6 is 67.8 Å². The molecule has 0 N–H and O–H groups in total. The van der Waals surface area contributed by atoms with Crippen LogP contribution in [0.15, 0.2) is 29.2 Å². The molecule has 2 aromatic rings. The maximum absolute atomic E-state index is 13.2. The topological polar surface area (TPSA) is 83.5 Å². The monoisotopic (exact) mass is 819 g/mol. The average Bonchev–Trinajstić information content (AvgIpc) is 2.81. The minimum Gasteiger partial charge on any atom is -0.744 e. The number of carbonyl (C=O) groups excluding carboxylic acids is 1. The van der Waals surface area contributed by atoms with Gasteiger partial charge in [-0.1, -0.05) is 38.5 Å². The number of hydrogen-bond donors (Lipinski definition) is 0. The van der Waals surface area contributed by atoms with Crippen LogP contribution in [0.1, 0.15) is 97.5 Å². The smallest absolute Gasteiger partial charge is 0.344 e. The molecule has 34 heavy (non-hydrogen) atoms. The van der Waals surface area contributed by atoms with E-state index in [2.05, 4.69) is 67.8 Å². The second kappa shape index (κ2) is 11.6. The second-order valence-electron chi connectivity index (χ2n) is 9.19. The first kappa shape index (κ1) is 27.1. The van der Waals surface area contributed by atoms with E-state index in [1.165, 1.54) is 0 Å². The third kappa shape index (κ3) is 6.28. The lowest BCUT2D eigenvalue weighted by Crippen LogP contribution is -2.18. The number of carbonyl (C=O) groups is 1. The van der Waals surface area contributed by atoms with Gasteiger partial charge in [0.1, 0.15) is 15.9 Å². The van der Waals surface area contributed by atoms with E-state index in [1.54, 1.807) is 18.2 Å². The zero-order valence-electron chi connectivity index (χ0n) is 18.6. The van der Waals surface area contributed by atoms with Crippen LogP contribution in [0.3, 0.4) is 0 Å². The predicted molar refractivity (Wildman–Crippen MR) is 156 cm³/mol. The van der Waals surface area contributed by atoms with Crippen molar-refractivity contribution in [1.29, 1.82) is 0 Å². The Morgan fingerprint density at radius 1 is 0.824 bits per heavy atom. The van der Waals surface area contributed by atoms with Crippen molar-refractivity contribution in [2.45, 2.75) is 80.9 Å². The van der Waals surface area contributed by atoms with E-state index in [1.807, 2.05) is 6.07 Å². The second-order valence-corrected chi connectivity index (χ2v) is 14.0. The van der Waals surface area contributed by atoms with Gasteiger partial charge in [0.15, 0.2) is 0 Å². The molecule has 184 valence electrons. The summed E-state index contributed by atoms with van der Waals surface area (Å²) in [6, 6.07) is 7.09. The van der Waals surface area contributed by atoms with Crippen LogP contribution in [-0.2, 0) is 10.1 Å². The fourth-order valence-corrected chi connectivity index (χ4v) is 8.70. The Hall–Kier alpha value is 0.0100. The molecule has 0 atom stereocenters. The lowest BCUT2D eigenvalue weighted by molar-refractivity contribution is 0.0733. The van der Waals surface area contributed by atoms with Crippen molar-refractivity contribution in [1.82, 2.24) is 0 Å². The highest BCUT2D eigenvalue weighted by Gasteiger charge is 2.29. The highest BCUT2D eigenvalue weighted by molar-refractivity contribution is 14.1. The molecule has 0 aliphatic heterocycles. The van der Waals surface area contributed by atoms with Crippen LogP contribution < -0.4 is 4.74 Å². The van der Waals surface area contributed by atoms with Crippen LogP contribution in [0, 0.1) is 10.7 Å². The Kier molecular flexibility index (Phi) is 9.23. The highest BCUT2D eigenvalue weighted by atomic mass is 127. The van der Waals surface area contributed by atoms with Crippen molar-refractivity contribution >= 4 is 83.9 Å². The minimum atomic E-state index is -4.67. The highest BCUT2D eigenvalue weighted by Crippen LogP contribution is 2.44. The zero-order chi connectivity index (χ0) is 24.5. The number of rotatable bonds is 5. The first-order valence-corrected chi connectivity index (χ1v) is 16.3. The molecule has 0 aromatic heterocycles. The van der Waals surface area contributed by atoms with E-state index >= 15 is 0 Å². The molecular weight excluding hydrogens is 793 g/mol. The molecule has 0 heterocycles. The molecule has 2 aliphatic carbocycles. The lowest BCUT2D eigenvalue weighted by Gasteiger charge is -2.31. The lowest BCUT2D eigenvalue weighted by atomic mass is 9.79. The van der Waals surface area contributed by atoms with Gasteiger partial charge in [-0.2, -0.15) is 0 Å². The number of esters is 1. The summed E-state index contributed by atoms with van der Waals surface area (Å²) >= 11 is 6.52. The van der Waals surface area contributed by atoms with Crippen molar-refractivity contribution in [3.63, 3.8) is 0 Å². The normalized spacial score (nSPS) is 18.1. The summed E-state index contributed by atoms with van der Waals surface area (Å²) in [4.78, 5) is 13.1. The van der Waals surface area contributed by atoms with Gasteiger partial charge in [-0.25, -0.2) is 13.2 Å². The summed E-state index contributed by atoms with van der Waals surface area (Å²) < 4.78 is 46.3. The van der Waals surface area contributed by atoms with E-state index in [-0.39, 0.29) is 16.7 Å². The van der Waals surface area contributed by atoms with E-state index in [9.17, 15) is 17.8 Å². The van der Waals surface area contributed by atoms with Crippen LogP contribution in [0.25, 0.3) is 0 Å². The SMILES string of the molecule is O=C(Oc1cc(C2CCCCC2)c(S(=O)(=O)[O-])c(C2CCCCC2)c1)c1cc(I)cc(I)c1I. The van der Waals surface area contributed by atoms with Crippen molar-refractivity contribution in [3.8, 4) is 5.75 Å². The molecule has 0 spiro atoms. The molecular formula is C25H26I3O5S-. The fraction of sp³-hybridized carbons (Fsp3) is 0.480. The Morgan fingerprint density at radius 2 is 1.32 bits per heavy atom. The Labute approximate surface area is 242 Å². The Morgan fingerprint density at radius 3 is 1.79 bits per heavy atom. The van der Waals surface area contributed by atoms with Crippen molar-refractivity contribution < 1.29 is 22.5 Å². The fourth-order valence-electron chi connectivity index (χ4n) is 5.29. The van der Waals surface area contributed by atoms with Gasteiger partial charge in [0.05, 0.1) is 10.5 Å². The quantitative estimate of drug-likeness (QED) is 0.102. The molecule has 2 saturated carbocycles. The molecule has 4 rings (SSSR count). The summed E-state index contributed by atoms with van der Waals surface area (Å²) in [5.41, 5.74) is 1.58. The van der Waals surface area contributed by atoms with Gasteiger partial charge in [-0.15, -0.1) is 0 Å². The molecule has 2 aliphatic rings. The van der Waals surface area contributed by atoms with Crippen LogP contribution in [0.4, 0.5) is 0 Å².